The third-order valence-corrected chi connectivity index (χ3v) is 5.82. The highest BCUT2D eigenvalue weighted by molar-refractivity contribution is 7.97. The zero-order valence-electron chi connectivity index (χ0n) is 9.70. The number of aryl methyl sites for hydroxylation is 1. The van der Waals surface area contributed by atoms with Crippen LogP contribution in [0.1, 0.15) is 18.4 Å². The number of fused-ring (bicyclic) bond motifs is 1. The van der Waals surface area contributed by atoms with E-state index in [4.69, 9.17) is 0 Å². The Labute approximate surface area is 100 Å². The van der Waals surface area contributed by atoms with E-state index in [9.17, 15) is 0 Å². The van der Waals surface area contributed by atoms with Gasteiger partial charge in [0.05, 0.1) is 0 Å². The quantitative estimate of drug-likeness (QED) is 0.650. The lowest BCUT2D eigenvalue weighted by molar-refractivity contribution is 0.949. The first-order valence-corrected chi connectivity index (χ1v) is 7.57. The van der Waals surface area contributed by atoms with E-state index in [0.717, 1.165) is 0 Å². The van der Waals surface area contributed by atoms with Crippen LogP contribution in [0.3, 0.4) is 0 Å². The van der Waals surface area contributed by atoms with Crippen LogP contribution in [0.15, 0.2) is 41.3 Å². The molecule has 1 aliphatic rings. The fourth-order valence-corrected chi connectivity index (χ4v) is 4.75. The summed E-state index contributed by atoms with van der Waals surface area (Å²) in [6, 6.07) is 13.8. The summed E-state index contributed by atoms with van der Waals surface area (Å²) < 4.78 is 0. The lowest BCUT2D eigenvalue weighted by Crippen LogP contribution is -2.03. The standard InChI is InChI=1S/C15H17S/c1-12-4-5-14-11-15(7-6-13(14)10-12)16-8-2-3-9-16/h4-7,10-11H,2-3,8-9H2,1H3/q+1. The summed E-state index contributed by atoms with van der Waals surface area (Å²) in [7, 11) is 0.548. The Bertz CT molecular complexity index is 510. The Hall–Kier alpha value is -0.950. The molecule has 0 aromatic heterocycles. The molecule has 0 aliphatic carbocycles. The van der Waals surface area contributed by atoms with Crippen molar-refractivity contribution in [3.63, 3.8) is 0 Å². The number of hydrogen-bond donors (Lipinski definition) is 0. The minimum atomic E-state index is 0.548. The molecule has 1 heteroatoms. The first kappa shape index (κ1) is 10.2. The first-order valence-electron chi connectivity index (χ1n) is 6.01. The summed E-state index contributed by atoms with van der Waals surface area (Å²) in [5.41, 5.74) is 1.35. The topological polar surface area (TPSA) is 0 Å². The largest absolute Gasteiger partial charge is 0.155 e. The Kier molecular flexibility index (Phi) is 2.64. The van der Waals surface area contributed by atoms with Crippen molar-refractivity contribution in [3.05, 3.63) is 42.0 Å². The fraction of sp³-hybridized carbons (Fsp3) is 0.333. The average Bonchev–Trinajstić information content (AvgIpc) is 2.82. The summed E-state index contributed by atoms with van der Waals surface area (Å²) in [5, 5.41) is 2.79. The van der Waals surface area contributed by atoms with Gasteiger partial charge in [0.2, 0.25) is 0 Å². The zero-order chi connectivity index (χ0) is 11.0. The molecule has 1 heterocycles. The summed E-state index contributed by atoms with van der Waals surface area (Å²) >= 11 is 0. The van der Waals surface area contributed by atoms with Crippen molar-refractivity contribution < 1.29 is 0 Å². The van der Waals surface area contributed by atoms with Gasteiger partial charge < -0.3 is 0 Å². The second-order valence-corrected chi connectivity index (χ2v) is 6.89. The first-order chi connectivity index (χ1) is 7.83. The third-order valence-electron chi connectivity index (χ3n) is 3.33. The van der Waals surface area contributed by atoms with Crippen LogP contribution >= 0.6 is 0 Å². The van der Waals surface area contributed by atoms with Crippen LogP contribution in [0.25, 0.3) is 10.8 Å². The van der Waals surface area contributed by atoms with Crippen molar-refractivity contribution in [3.8, 4) is 0 Å². The molecule has 0 spiro atoms. The molecule has 0 N–H and O–H groups in total. The predicted octanol–water partition coefficient (Wildman–Crippen LogP) is 3.92. The van der Waals surface area contributed by atoms with Crippen molar-refractivity contribution in [2.75, 3.05) is 11.5 Å². The molecule has 1 saturated heterocycles. The van der Waals surface area contributed by atoms with Crippen LogP contribution < -0.4 is 0 Å². The minimum Gasteiger partial charge on any atom is -0.0587 e. The molecule has 82 valence electrons. The van der Waals surface area contributed by atoms with E-state index in [1.54, 1.807) is 4.90 Å². The molecule has 0 nitrogen and oxygen atoms in total. The van der Waals surface area contributed by atoms with Gasteiger partial charge in [-0.05, 0) is 42.7 Å². The van der Waals surface area contributed by atoms with Crippen LogP contribution in [-0.2, 0) is 10.9 Å². The van der Waals surface area contributed by atoms with Gasteiger partial charge in [-0.25, -0.2) is 0 Å². The molecule has 2 aromatic rings. The fourth-order valence-electron chi connectivity index (χ4n) is 2.41. The van der Waals surface area contributed by atoms with E-state index in [1.807, 2.05) is 0 Å². The van der Waals surface area contributed by atoms with Gasteiger partial charge >= 0.3 is 0 Å². The molecule has 0 unspecified atom stereocenters. The van der Waals surface area contributed by atoms with Crippen LogP contribution in [0.5, 0.6) is 0 Å². The second kappa shape index (κ2) is 4.14. The van der Waals surface area contributed by atoms with Gasteiger partial charge in [-0.15, -0.1) is 0 Å². The van der Waals surface area contributed by atoms with E-state index >= 15 is 0 Å². The highest BCUT2D eigenvalue weighted by Gasteiger charge is 2.26. The lowest BCUT2D eigenvalue weighted by atomic mass is 10.1. The lowest BCUT2D eigenvalue weighted by Gasteiger charge is -2.03. The second-order valence-electron chi connectivity index (χ2n) is 4.62. The van der Waals surface area contributed by atoms with Crippen molar-refractivity contribution in [2.45, 2.75) is 24.7 Å². The summed E-state index contributed by atoms with van der Waals surface area (Å²) in [4.78, 5) is 1.58. The molecule has 0 atom stereocenters. The third kappa shape index (κ3) is 1.84. The van der Waals surface area contributed by atoms with Gasteiger partial charge in [0.1, 0.15) is 11.5 Å². The van der Waals surface area contributed by atoms with E-state index in [1.165, 1.54) is 40.7 Å². The molecular weight excluding hydrogens is 212 g/mol. The predicted molar refractivity (Wildman–Crippen MR) is 73.3 cm³/mol. The normalized spacial score (nSPS) is 17.1. The maximum atomic E-state index is 2.41. The monoisotopic (exact) mass is 229 g/mol. The Morgan fingerprint density at radius 2 is 1.56 bits per heavy atom. The van der Waals surface area contributed by atoms with Crippen molar-refractivity contribution in [1.82, 2.24) is 0 Å². The average molecular weight is 229 g/mol. The van der Waals surface area contributed by atoms with Gasteiger partial charge in [0, 0.05) is 17.0 Å². The molecular formula is C15H17S+. The van der Waals surface area contributed by atoms with Crippen LogP contribution in [0.4, 0.5) is 0 Å². The Morgan fingerprint density at radius 3 is 2.38 bits per heavy atom. The van der Waals surface area contributed by atoms with E-state index in [2.05, 4.69) is 43.3 Å². The highest BCUT2D eigenvalue weighted by atomic mass is 32.2. The smallest absolute Gasteiger partial charge is 0.0587 e. The Balaban J connectivity index is 2.05. The number of rotatable bonds is 1. The highest BCUT2D eigenvalue weighted by Crippen LogP contribution is 2.26. The van der Waals surface area contributed by atoms with E-state index < -0.39 is 0 Å². The molecule has 1 fully saturated rings. The van der Waals surface area contributed by atoms with Gasteiger partial charge in [-0.2, -0.15) is 0 Å². The SMILES string of the molecule is Cc1ccc2cc([S+]3CCCC3)ccc2c1. The molecule has 0 saturated carbocycles. The van der Waals surface area contributed by atoms with Crippen molar-refractivity contribution >= 4 is 21.7 Å². The van der Waals surface area contributed by atoms with E-state index in [-0.39, 0.29) is 0 Å². The summed E-state index contributed by atoms with van der Waals surface area (Å²) in [6.45, 7) is 2.16. The summed E-state index contributed by atoms with van der Waals surface area (Å²) in [6.07, 6.45) is 2.85. The Morgan fingerprint density at radius 1 is 0.875 bits per heavy atom. The van der Waals surface area contributed by atoms with Gasteiger partial charge in [0.15, 0.2) is 4.90 Å². The van der Waals surface area contributed by atoms with Crippen LogP contribution in [-0.4, -0.2) is 11.5 Å². The maximum Gasteiger partial charge on any atom is 0.155 e. The molecule has 0 amide bonds. The van der Waals surface area contributed by atoms with E-state index in [0.29, 0.717) is 10.9 Å². The molecule has 2 aromatic carbocycles. The molecule has 16 heavy (non-hydrogen) atoms. The maximum absolute atomic E-state index is 2.41. The van der Waals surface area contributed by atoms with Gasteiger partial charge in [-0.1, -0.05) is 23.8 Å². The number of benzene rings is 2. The van der Waals surface area contributed by atoms with Crippen LogP contribution in [0, 0.1) is 6.92 Å². The molecule has 0 radical (unpaired) electrons. The van der Waals surface area contributed by atoms with Crippen LogP contribution in [0.2, 0.25) is 0 Å². The number of hydrogen-bond acceptors (Lipinski definition) is 0. The molecule has 0 bridgehead atoms. The molecule has 3 rings (SSSR count). The van der Waals surface area contributed by atoms with Crippen molar-refractivity contribution in [1.29, 1.82) is 0 Å². The zero-order valence-corrected chi connectivity index (χ0v) is 10.5. The van der Waals surface area contributed by atoms with Gasteiger partial charge in [-0.3, -0.25) is 0 Å². The minimum absolute atomic E-state index is 0.548. The van der Waals surface area contributed by atoms with Crippen molar-refractivity contribution in [2.24, 2.45) is 0 Å². The van der Waals surface area contributed by atoms with Gasteiger partial charge in [0.25, 0.3) is 0 Å². The molecule has 1 aliphatic heterocycles. The summed E-state index contributed by atoms with van der Waals surface area (Å²) in [5.74, 6) is 2.83.